The van der Waals surface area contributed by atoms with Gasteiger partial charge in [0, 0.05) is 19.3 Å². The lowest BCUT2D eigenvalue weighted by Gasteiger charge is -2.27. The lowest BCUT2D eigenvalue weighted by molar-refractivity contribution is 0.743. The summed E-state index contributed by atoms with van der Waals surface area (Å²) in [5.74, 6) is 0. The Hall–Kier alpha value is -1.49. The first-order valence-electron chi connectivity index (χ1n) is 5.01. The van der Waals surface area contributed by atoms with Crippen molar-refractivity contribution in [1.29, 1.82) is 5.26 Å². The molecule has 1 aliphatic heterocycles. The van der Waals surface area contributed by atoms with Crippen molar-refractivity contribution in [3.05, 3.63) is 29.3 Å². The zero-order valence-corrected chi connectivity index (χ0v) is 8.45. The van der Waals surface area contributed by atoms with Crippen molar-refractivity contribution >= 4 is 5.69 Å². The minimum absolute atomic E-state index is 0.515. The maximum atomic E-state index is 8.63. The molecule has 2 heteroatoms. The molecule has 0 fully saturated rings. The van der Waals surface area contributed by atoms with E-state index in [2.05, 4.69) is 36.2 Å². The summed E-state index contributed by atoms with van der Waals surface area (Å²) >= 11 is 0. The van der Waals surface area contributed by atoms with Crippen molar-refractivity contribution in [2.45, 2.75) is 19.3 Å². The van der Waals surface area contributed by atoms with E-state index in [4.69, 9.17) is 5.26 Å². The summed E-state index contributed by atoms with van der Waals surface area (Å²) < 4.78 is 0. The molecule has 1 aromatic carbocycles. The molecule has 0 spiro atoms. The maximum Gasteiger partial charge on any atom is 0.0669 e. The molecule has 0 radical (unpaired) electrons. The molecule has 14 heavy (non-hydrogen) atoms. The second-order valence-electron chi connectivity index (χ2n) is 3.82. The SMILES string of the molecule is CN1CCCc2ccc(CC#N)cc21. The van der Waals surface area contributed by atoms with E-state index in [1.807, 2.05) is 0 Å². The van der Waals surface area contributed by atoms with Gasteiger partial charge in [0.15, 0.2) is 0 Å². The van der Waals surface area contributed by atoms with Gasteiger partial charge in [0.25, 0.3) is 0 Å². The third-order valence-electron chi connectivity index (χ3n) is 2.78. The van der Waals surface area contributed by atoms with Gasteiger partial charge in [-0.1, -0.05) is 12.1 Å². The van der Waals surface area contributed by atoms with Gasteiger partial charge in [-0.25, -0.2) is 0 Å². The number of anilines is 1. The summed E-state index contributed by atoms with van der Waals surface area (Å²) in [5.41, 5.74) is 3.85. The summed E-state index contributed by atoms with van der Waals surface area (Å²) in [6.45, 7) is 1.13. The van der Waals surface area contributed by atoms with E-state index >= 15 is 0 Å². The molecule has 0 saturated carbocycles. The molecule has 1 heterocycles. The van der Waals surface area contributed by atoms with Gasteiger partial charge in [0.2, 0.25) is 0 Å². The van der Waals surface area contributed by atoms with Gasteiger partial charge in [-0.3, -0.25) is 0 Å². The molecular weight excluding hydrogens is 172 g/mol. The summed E-state index contributed by atoms with van der Waals surface area (Å²) in [6, 6.07) is 8.57. The predicted molar refractivity (Wildman–Crippen MR) is 57.4 cm³/mol. The second-order valence-corrected chi connectivity index (χ2v) is 3.82. The molecule has 0 aliphatic carbocycles. The first-order valence-corrected chi connectivity index (χ1v) is 5.01. The van der Waals surface area contributed by atoms with Gasteiger partial charge >= 0.3 is 0 Å². The van der Waals surface area contributed by atoms with E-state index in [-0.39, 0.29) is 0 Å². The fourth-order valence-corrected chi connectivity index (χ4v) is 2.00. The van der Waals surface area contributed by atoms with E-state index in [0.29, 0.717) is 6.42 Å². The van der Waals surface area contributed by atoms with E-state index in [1.165, 1.54) is 24.1 Å². The van der Waals surface area contributed by atoms with Crippen LogP contribution in [0, 0.1) is 11.3 Å². The van der Waals surface area contributed by atoms with Crippen molar-refractivity contribution in [2.75, 3.05) is 18.5 Å². The smallest absolute Gasteiger partial charge is 0.0669 e. The highest BCUT2D eigenvalue weighted by Crippen LogP contribution is 2.26. The Bertz CT molecular complexity index is 376. The number of nitrogens with zero attached hydrogens (tertiary/aromatic N) is 2. The lowest BCUT2D eigenvalue weighted by Crippen LogP contribution is -2.24. The quantitative estimate of drug-likeness (QED) is 0.671. The third kappa shape index (κ3) is 1.58. The summed E-state index contributed by atoms with van der Waals surface area (Å²) in [4.78, 5) is 2.28. The van der Waals surface area contributed by atoms with Crippen molar-refractivity contribution < 1.29 is 0 Å². The molecule has 2 rings (SSSR count). The monoisotopic (exact) mass is 186 g/mol. The Kier molecular flexibility index (Phi) is 2.41. The van der Waals surface area contributed by atoms with Crippen LogP contribution in [0.4, 0.5) is 5.69 Å². The van der Waals surface area contributed by atoms with Gasteiger partial charge in [-0.05, 0) is 30.0 Å². The van der Waals surface area contributed by atoms with Crippen molar-refractivity contribution in [3.8, 4) is 6.07 Å². The molecule has 1 aromatic rings. The van der Waals surface area contributed by atoms with Crippen molar-refractivity contribution in [1.82, 2.24) is 0 Å². The first-order chi connectivity index (χ1) is 6.81. The molecule has 0 saturated heterocycles. The number of fused-ring (bicyclic) bond motifs is 1. The highest BCUT2D eigenvalue weighted by molar-refractivity contribution is 5.56. The first kappa shape index (κ1) is 9.08. The fraction of sp³-hybridized carbons (Fsp3) is 0.417. The highest BCUT2D eigenvalue weighted by atomic mass is 15.1. The van der Waals surface area contributed by atoms with Gasteiger partial charge in [-0.15, -0.1) is 0 Å². The van der Waals surface area contributed by atoms with Gasteiger partial charge < -0.3 is 4.90 Å². The molecule has 0 aromatic heterocycles. The number of nitriles is 1. The number of rotatable bonds is 1. The molecular formula is C12H14N2. The van der Waals surface area contributed by atoms with Crippen LogP contribution < -0.4 is 4.90 Å². The van der Waals surface area contributed by atoms with Crippen LogP contribution in [-0.2, 0) is 12.8 Å². The zero-order valence-electron chi connectivity index (χ0n) is 8.45. The lowest BCUT2D eigenvalue weighted by atomic mass is 9.99. The molecule has 72 valence electrons. The highest BCUT2D eigenvalue weighted by Gasteiger charge is 2.13. The minimum Gasteiger partial charge on any atom is -0.374 e. The minimum atomic E-state index is 0.515. The molecule has 0 unspecified atom stereocenters. The molecule has 2 nitrogen and oxygen atoms in total. The maximum absolute atomic E-state index is 8.63. The van der Waals surface area contributed by atoms with Crippen LogP contribution in [0.3, 0.4) is 0 Å². The Labute approximate surface area is 84.8 Å². The number of benzene rings is 1. The van der Waals surface area contributed by atoms with Crippen LogP contribution in [0.5, 0.6) is 0 Å². The normalized spacial score (nSPS) is 14.7. The Morgan fingerprint density at radius 3 is 3.14 bits per heavy atom. The van der Waals surface area contributed by atoms with Crippen LogP contribution in [0.2, 0.25) is 0 Å². The molecule has 0 amide bonds. The van der Waals surface area contributed by atoms with E-state index in [9.17, 15) is 0 Å². The Balaban J connectivity index is 2.37. The van der Waals surface area contributed by atoms with Crippen LogP contribution >= 0.6 is 0 Å². The average Bonchev–Trinajstić information content (AvgIpc) is 2.20. The topological polar surface area (TPSA) is 27.0 Å². The summed E-state index contributed by atoms with van der Waals surface area (Å²) in [7, 11) is 2.12. The fourth-order valence-electron chi connectivity index (χ4n) is 2.00. The van der Waals surface area contributed by atoms with E-state index in [1.54, 1.807) is 0 Å². The van der Waals surface area contributed by atoms with E-state index < -0.39 is 0 Å². The number of aryl methyl sites for hydroxylation is 1. The van der Waals surface area contributed by atoms with Crippen LogP contribution in [-0.4, -0.2) is 13.6 Å². The molecule has 0 atom stereocenters. The Morgan fingerprint density at radius 2 is 2.36 bits per heavy atom. The van der Waals surface area contributed by atoms with Gasteiger partial charge in [0.1, 0.15) is 0 Å². The summed E-state index contributed by atoms with van der Waals surface area (Å²) in [5, 5.41) is 8.63. The van der Waals surface area contributed by atoms with Crippen LogP contribution in [0.1, 0.15) is 17.5 Å². The zero-order chi connectivity index (χ0) is 9.97. The van der Waals surface area contributed by atoms with Crippen molar-refractivity contribution in [2.24, 2.45) is 0 Å². The molecule has 1 aliphatic rings. The summed E-state index contributed by atoms with van der Waals surface area (Å²) in [6.07, 6.45) is 2.93. The molecule has 0 bridgehead atoms. The number of hydrogen-bond acceptors (Lipinski definition) is 2. The Morgan fingerprint density at radius 1 is 1.50 bits per heavy atom. The standard InChI is InChI=1S/C12H14N2/c1-14-8-2-3-11-5-4-10(6-7-13)9-12(11)14/h4-5,9H,2-3,6,8H2,1H3. The molecule has 0 N–H and O–H groups in total. The van der Waals surface area contributed by atoms with Crippen LogP contribution in [0.15, 0.2) is 18.2 Å². The van der Waals surface area contributed by atoms with E-state index in [0.717, 1.165) is 12.1 Å². The predicted octanol–water partition coefficient (Wildman–Crippen LogP) is 2.14. The van der Waals surface area contributed by atoms with Crippen LogP contribution in [0.25, 0.3) is 0 Å². The second kappa shape index (κ2) is 3.71. The van der Waals surface area contributed by atoms with Gasteiger partial charge in [-0.2, -0.15) is 5.26 Å². The average molecular weight is 186 g/mol. The van der Waals surface area contributed by atoms with Gasteiger partial charge in [0.05, 0.1) is 12.5 Å². The number of hydrogen-bond donors (Lipinski definition) is 0. The van der Waals surface area contributed by atoms with Crippen molar-refractivity contribution in [3.63, 3.8) is 0 Å². The third-order valence-corrected chi connectivity index (χ3v) is 2.78. The largest absolute Gasteiger partial charge is 0.374 e.